The minimum atomic E-state index is -0.399. The van der Waals surface area contributed by atoms with Crippen molar-refractivity contribution in [2.24, 2.45) is 11.8 Å². The van der Waals surface area contributed by atoms with E-state index in [1.54, 1.807) is 0 Å². The normalized spacial score (nSPS) is 24.3. The summed E-state index contributed by atoms with van der Waals surface area (Å²) in [7, 11) is 0. The van der Waals surface area contributed by atoms with E-state index in [-0.39, 0.29) is 29.1 Å². The van der Waals surface area contributed by atoms with Crippen molar-refractivity contribution in [1.29, 1.82) is 0 Å². The third kappa shape index (κ3) is 3.12. The monoisotopic (exact) mass is 465 g/mol. The van der Waals surface area contributed by atoms with E-state index in [0.717, 1.165) is 6.42 Å². The van der Waals surface area contributed by atoms with E-state index in [1.165, 1.54) is 32.7 Å². The van der Waals surface area contributed by atoms with Gasteiger partial charge in [0, 0.05) is 11.8 Å². The number of hydrogen-bond donors (Lipinski definition) is 0. The van der Waals surface area contributed by atoms with Crippen LogP contribution in [0.1, 0.15) is 73.8 Å². The number of nitrogens with zero attached hydrogens (tertiary/aromatic N) is 1. The molecular formula is C31H31NO3. The van der Waals surface area contributed by atoms with Crippen LogP contribution >= 0.6 is 0 Å². The van der Waals surface area contributed by atoms with Crippen molar-refractivity contribution in [1.82, 2.24) is 0 Å². The van der Waals surface area contributed by atoms with E-state index in [4.69, 9.17) is 4.74 Å². The molecule has 1 saturated heterocycles. The number of imide groups is 1. The van der Waals surface area contributed by atoms with Gasteiger partial charge in [-0.1, -0.05) is 82.3 Å². The van der Waals surface area contributed by atoms with Gasteiger partial charge in [-0.25, -0.2) is 4.90 Å². The topological polar surface area (TPSA) is 46.6 Å². The third-order valence-corrected chi connectivity index (χ3v) is 7.97. The summed E-state index contributed by atoms with van der Waals surface area (Å²) >= 11 is 0. The van der Waals surface area contributed by atoms with Crippen molar-refractivity contribution >= 4 is 17.5 Å². The first-order chi connectivity index (χ1) is 16.8. The summed E-state index contributed by atoms with van der Waals surface area (Å²) in [6, 6.07) is 22.5. The number of carbonyl (C=O) groups excluding carboxylic acids is 2. The molecule has 4 nitrogen and oxygen atoms in total. The van der Waals surface area contributed by atoms with Gasteiger partial charge in [-0.05, 0) is 51.8 Å². The van der Waals surface area contributed by atoms with Crippen LogP contribution in [0, 0.1) is 11.8 Å². The number of benzene rings is 3. The molecule has 0 radical (unpaired) electrons. The van der Waals surface area contributed by atoms with Gasteiger partial charge in [0.25, 0.3) is 0 Å². The van der Waals surface area contributed by atoms with Crippen LogP contribution in [0.15, 0.2) is 66.7 Å². The maximum atomic E-state index is 14.1. The molecule has 0 N–H and O–H groups in total. The first-order valence-electron chi connectivity index (χ1n) is 12.7. The van der Waals surface area contributed by atoms with E-state index < -0.39 is 11.8 Å². The highest BCUT2D eigenvalue weighted by Crippen LogP contribution is 2.62. The van der Waals surface area contributed by atoms with Gasteiger partial charge < -0.3 is 4.74 Å². The fourth-order valence-electron chi connectivity index (χ4n) is 6.41. The third-order valence-electron chi connectivity index (χ3n) is 7.97. The number of amides is 2. The van der Waals surface area contributed by atoms with Gasteiger partial charge in [-0.15, -0.1) is 0 Å². The molecule has 3 aromatic carbocycles. The van der Waals surface area contributed by atoms with E-state index in [1.807, 2.05) is 37.3 Å². The Bertz CT molecular complexity index is 1350. The van der Waals surface area contributed by atoms with Crippen LogP contribution in [0.4, 0.5) is 5.69 Å². The zero-order valence-corrected chi connectivity index (χ0v) is 20.7. The molecule has 0 unspecified atom stereocenters. The van der Waals surface area contributed by atoms with Crippen LogP contribution in [0.3, 0.4) is 0 Å². The minimum Gasteiger partial charge on any atom is -0.491 e. The fourth-order valence-corrected chi connectivity index (χ4v) is 6.41. The fraction of sp³-hybridized carbons (Fsp3) is 0.355. The lowest BCUT2D eigenvalue weighted by Crippen LogP contribution is -2.41. The molecule has 2 amide bonds. The van der Waals surface area contributed by atoms with Crippen LogP contribution in [0.25, 0.3) is 0 Å². The standard InChI is InChI=1S/C31H31NO3/c1-5-16-35-24-13-9-8-12-23(24)32-29(33)27-25-19-10-6-7-11-20(19)26(28(27)30(32)34)22-17-18(31(2,3)4)14-15-21(22)25/h6-15,17,25-28H,5,16H2,1-4H3/t25-,26-,27+,28+/m1/s1. The first-order valence-corrected chi connectivity index (χ1v) is 12.7. The molecule has 0 aromatic heterocycles. The highest BCUT2D eigenvalue weighted by atomic mass is 16.5. The zero-order chi connectivity index (χ0) is 24.5. The van der Waals surface area contributed by atoms with Gasteiger partial charge >= 0.3 is 0 Å². The van der Waals surface area contributed by atoms with Crippen LogP contribution in [-0.2, 0) is 15.0 Å². The highest BCUT2D eigenvalue weighted by Gasteiger charge is 2.62. The molecule has 0 spiro atoms. The number of rotatable bonds is 4. The van der Waals surface area contributed by atoms with E-state index >= 15 is 0 Å². The molecule has 1 aliphatic heterocycles. The number of ether oxygens (including phenoxy) is 1. The number of hydrogen-bond acceptors (Lipinski definition) is 3. The van der Waals surface area contributed by atoms with Crippen LogP contribution < -0.4 is 9.64 Å². The van der Waals surface area contributed by atoms with Crippen molar-refractivity contribution < 1.29 is 14.3 Å². The second-order valence-electron chi connectivity index (χ2n) is 11.1. The van der Waals surface area contributed by atoms with Crippen molar-refractivity contribution in [2.75, 3.05) is 11.5 Å². The van der Waals surface area contributed by atoms with Gasteiger partial charge in [0.05, 0.1) is 24.1 Å². The molecule has 4 heteroatoms. The summed E-state index contributed by atoms with van der Waals surface area (Å²) in [6.45, 7) is 9.22. The van der Waals surface area contributed by atoms with E-state index in [2.05, 4.69) is 57.2 Å². The highest BCUT2D eigenvalue weighted by molar-refractivity contribution is 6.24. The Hall–Kier alpha value is -3.40. The molecule has 1 heterocycles. The number of para-hydroxylation sites is 2. The van der Waals surface area contributed by atoms with Gasteiger partial charge in [0.2, 0.25) is 11.8 Å². The van der Waals surface area contributed by atoms with E-state index in [9.17, 15) is 9.59 Å². The average Bonchev–Trinajstić information content (AvgIpc) is 3.12. The van der Waals surface area contributed by atoms with Crippen LogP contribution in [-0.4, -0.2) is 18.4 Å². The van der Waals surface area contributed by atoms with Gasteiger partial charge in [0.15, 0.2) is 0 Å². The van der Waals surface area contributed by atoms with Gasteiger partial charge in [-0.2, -0.15) is 0 Å². The Morgan fingerprint density at radius 1 is 0.771 bits per heavy atom. The lowest BCUT2D eigenvalue weighted by molar-refractivity contribution is -0.122. The molecule has 4 atom stereocenters. The zero-order valence-electron chi connectivity index (χ0n) is 20.7. The Kier molecular flexibility index (Phi) is 4.93. The average molecular weight is 466 g/mol. The van der Waals surface area contributed by atoms with Crippen LogP contribution in [0.5, 0.6) is 5.75 Å². The predicted molar refractivity (Wildman–Crippen MR) is 137 cm³/mol. The molecule has 3 aromatic rings. The van der Waals surface area contributed by atoms with Crippen LogP contribution in [0.2, 0.25) is 0 Å². The van der Waals surface area contributed by atoms with Crippen molar-refractivity contribution in [3.8, 4) is 5.75 Å². The lowest BCUT2D eigenvalue weighted by atomic mass is 9.54. The maximum absolute atomic E-state index is 14.1. The molecule has 7 rings (SSSR count). The van der Waals surface area contributed by atoms with Gasteiger partial charge in [-0.3, -0.25) is 9.59 Å². The molecule has 4 aliphatic rings. The largest absolute Gasteiger partial charge is 0.491 e. The molecule has 3 aliphatic carbocycles. The maximum Gasteiger partial charge on any atom is 0.238 e. The van der Waals surface area contributed by atoms with E-state index in [0.29, 0.717) is 18.0 Å². The second kappa shape index (κ2) is 7.81. The second-order valence-corrected chi connectivity index (χ2v) is 11.1. The Morgan fingerprint density at radius 2 is 1.34 bits per heavy atom. The minimum absolute atomic E-state index is 0.00172. The summed E-state index contributed by atoms with van der Waals surface area (Å²) in [4.78, 5) is 29.6. The summed E-state index contributed by atoms with van der Waals surface area (Å²) in [5.41, 5.74) is 6.60. The molecule has 178 valence electrons. The Labute approximate surface area is 206 Å². The van der Waals surface area contributed by atoms with Crippen molar-refractivity contribution in [3.63, 3.8) is 0 Å². The first kappa shape index (κ1) is 22.1. The lowest BCUT2D eigenvalue weighted by Gasteiger charge is -2.46. The summed E-state index contributed by atoms with van der Waals surface area (Å²) in [5, 5.41) is 0. The molecule has 35 heavy (non-hydrogen) atoms. The Morgan fingerprint density at radius 3 is 1.97 bits per heavy atom. The number of anilines is 1. The summed E-state index contributed by atoms with van der Waals surface area (Å²) in [5.74, 6) is -0.656. The smallest absolute Gasteiger partial charge is 0.238 e. The summed E-state index contributed by atoms with van der Waals surface area (Å²) in [6.07, 6.45) is 0.854. The van der Waals surface area contributed by atoms with Crippen molar-refractivity contribution in [2.45, 2.75) is 51.4 Å². The molecule has 0 saturated carbocycles. The molecule has 1 fully saturated rings. The van der Waals surface area contributed by atoms with Crippen molar-refractivity contribution in [3.05, 3.63) is 94.5 Å². The molecular weight excluding hydrogens is 434 g/mol. The predicted octanol–water partition coefficient (Wildman–Crippen LogP) is 6.17. The summed E-state index contributed by atoms with van der Waals surface area (Å²) < 4.78 is 5.95. The Balaban J connectivity index is 1.52. The SMILES string of the molecule is CCCOc1ccccc1N1C(=O)[C@H]2[C@@H]3c4ccccc4[C@H](c4cc(C(C)(C)C)ccc43)[C@@H]2C1=O. The van der Waals surface area contributed by atoms with Gasteiger partial charge in [0.1, 0.15) is 5.75 Å². The number of carbonyl (C=O) groups is 2. The molecule has 2 bridgehead atoms. The quantitative estimate of drug-likeness (QED) is 0.433.